The molecule has 18 heavy (non-hydrogen) atoms. The molecule has 0 atom stereocenters. The number of halogens is 1. The SMILES string of the molecule is COc1cccc2c(Cl)c3c(nc12)CCCCC3. The Morgan fingerprint density at radius 3 is 2.83 bits per heavy atom. The van der Waals surface area contributed by atoms with Gasteiger partial charge in [0, 0.05) is 11.1 Å². The molecular formula is C15H16ClNO. The maximum atomic E-state index is 6.57. The predicted molar refractivity (Wildman–Crippen MR) is 74.6 cm³/mol. The number of hydrogen-bond donors (Lipinski definition) is 0. The number of para-hydroxylation sites is 1. The molecule has 0 bridgehead atoms. The lowest BCUT2D eigenvalue weighted by Crippen LogP contribution is -1.99. The van der Waals surface area contributed by atoms with Crippen LogP contribution in [0, 0.1) is 0 Å². The van der Waals surface area contributed by atoms with Crippen LogP contribution in [0.3, 0.4) is 0 Å². The summed E-state index contributed by atoms with van der Waals surface area (Å²) in [5, 5.41) is 1.88. The number of rotatable bonds is 1. The fourth-order valence-electron chi connectivity index (χ4n) is 2.70. The summed E-state index contributed by atoms with van der Waals surface area (Å²) in [6.07, 6.45) is 5.76. The van der Waals surface area contributed by atoms with Gasteiger partial charge in [-0.25, -0.2) is 4.98 Å². The number of pyridine rings is 1. The lowest BCUT2D eigenvalue weighted by Gasteiger charge is -2.12. The number of hydrogen-bond acceptors (Lipinski definition) is 2. The minimum absolute atomic E-state index is 0.807. The molecular weight excluding hydrogens is 246 g/mol. The third kappa shape index (κ3) is 1.85. The molecule has 0 saturated heterocycles. The molecule has 0 amide bonds. The Hall–Kier alpha value is -1.28. The molecule has 1 aliphatic rings. The first-order valence-electron chi connectivity index (χ1n) is 6.45. The van der Waals surface area contributed by atoms with E-state index >= 15 is 0 Å². The molecule has 0 fully saturated rings. The monoisotopic (exact) mass is 261 g/mol. The zero-order valence-corrected chi connectivity index (χ0v) is 11.3. The van der Waals surface area contributed by atoms with Crippen LogP contribution >= 0.6 is 11.6 Å². The molecule has 0 aliphatic heterocycles. The summed E-state index contributed by atoms with van der Waals surface area (Å²) in [5.41, 5.74) is 3.30. The van der Waals surface area contributed by atoms with Crippen molar-refractivity contribution in [2.75, 3.05) is 7.11 Å². The molecule has 1 aliphatic carbocycles. The van der Waals surface area contributed by atoms with E-state index in [1.165, 1.54) is 24.8 Å². The van der Waals surface area contributed by atoms with Gasteiger partial charge in [0.25, 0.3) is 0 Å². The maximum Gasteiger partial charge on any atom is 0.145 e. The molecule has 2 nitrogen and oxygen atoms in total. The Labute approximate surface area is 112 Å². The Morgan fingerprint density at radius 2 is 2.00 bits per heavy atom. The molecule has 3 rings (SSSR count). The minimum atomic E-state index is 0.807. The van der Waals surface area contributed by atoms with E-state index in [1.807, 2.05) is 18.2 Å². The topological polar surface area (TPSA) is 22.1 Å². The van der Waals surface area contributed by atoms with E-state index in [0.717, 1.165) is 40.2 Å². The van der Waals surface area contributed by atoms with Gasteiger partial charge in [-0.15, -0.1) is 0 Å². The lowest BCUT2D eigenvalue weighted by molar-refractivity contribution is 0.419. The van der Waals surface area contributed by atoms with Crippen molar-refractivity contribution in [3.05, 3.63) is 34.5 Å². The van der Waals surface area contributed by atoms with E-state index in [0.29, 0.717) is 0 Å². The van der Waals surface area contributed by atoms with Gasteiger partial charge in [-0.05, 0) is 37.3 Å². The molecule has 0 radical (unpaired) electrons. The highest BCUT2D eigenvalue weighted by atomic mass is 35.5. The first kappa shape index (κ1) is 11.8. The summed E-state index contributed by atoms with van der Waals surface area (Å²) < 4.78 is 5.38. The van der Waals surface area contributed by atoms with E-state index in [9.17, 15) is 0 Å². The average molecular weight is 262 g/mol. The Morgan fingerprint density at radius 1 is 1.17 bits per heavy atom. The van der Waals surface area contributed by atoms with Crippen LogP contribution in [0.5, 0.6) is 5.75 Å². The van der Waals surface area contributed by atoms with Gasteiger partial charge in [-0.3, -0.25) is 0 Å². The van der Waals surface area contributed by atoms with Crippen LogP contribution in [0.1, 0.15) is 30.5 Å². The summed E-state index contributed by atoms with van der Waals surface area (Å²) in [7, 11) is 1.68. The van der Waals surface area contributed by atoms with Crippen molar-refractivity contribution in [1.82, 2.24) is 4.98 Å². The van der Waals surface area contributed by atoms with E-state index in [-0.39, 0.29) is 0 Å². The van der Waals surface area contributed by atoms with Crippen LogP contribution in [-0.4, -0.2) is 12.1 Å². The number of fused-ring (bicyclic) bond motifs is 2. The molecule has 94 valence electrons. The normalized spacial score (nSPS) is 15.2. The highest BCUT2D eigenvalue weighted by Gasteiger charge is 2.17. The van der Waals surface area contributed by atoms with E-state index in [4.69, 9.17) is 21.3 Å². The van der Waals surface area contributed by atoms with Crippen molar-refractivity contribution in [3.63, 3.8) is 0 Å². The number of aromatic nitrogens is 1. The van der Waals surface area contributed by atoms with Crippen LogP contribution in [-0.2, 0) is 12.8 Å². The number of ether oxygens (including phenoxy) is 1. The zero-order valence-electron chi connectivity index (χ0n) is 10.5. The van der Waals surface area contributed by atoms with E-state index in [2.05, 4.69) is 0 Å². The molecule has 1 aromatic heterocycles. The first-order chi connectivity index (χ1) is 8.81. The summed E-state index contributed by atoms with van der Waals surface area (Å²) in [5.74, 6) is 0.807. The number of nitrogens with zero attached hydrogens (tertiary/aromatic N) is 1. The highest BCUT2D eigenvalue weighted by molar-refractivity contribution is 6.36. The lowest BCUT2D eigenvalue weighted by atomic mass is 10.0. The van der Waals surface area contributed by atoms with Gasteiger partial charge in [0.1, 0.15) is 11.3 Å². The first-order valence-corrected chi connectivity index (χ1v) is 6.83. The van der Waals surface area contributed by atoms with Crippen molar-refractivity contribution < 1.29 is 4.74 Å². The minimum Gasteiger partial charge on any atom is -0.494 e. The molecule has 3 heteroatoms. The van der Waals surface area contributed by atoms with Gasteiger partial charge in [0.15, 0.2) is 0 Å². The third-order valence-corrected chi connectivity index (χ3v) is 4.09. The van der Waals surface area contributed by atoms with Crippen LogP contribution in [0.4, 0.5) is 0 Å². The van der Waals surface area contributed by atoms with Gasteiger partial charge in [0.05, 0.1) is 12.1 Å². The van der Waals surface area contributed by atoms with Crippen molar-refractivity contribution in [3.8, 4) is 5.75 Å². The molecule has 0 unspecified atom stereocenters. The van der Waals surface area contributed by atoms with Crippen molar-refractivity contribution >= 4 is 22.5 Å². The second kappa shape index (κ2) is 4.77. The van der Waals surface area contributed by atoms with E-state index < -0.39 is 0 Å². The summed E-state index contributed by atoms with van der Waals surface area (Å²) in [4.78, 5) is 4.80. The summed E-state index contributed by atoms with van der Waals surface area (Å²) in [6.45, 7) is 0. The van der Waals surface area contributed by atoms with Gasteiger partial charge in [-0.1, -0.05) is 30.2 Å². The quantitative estimate of drug-likeness (QED) is 0.719. The Kier molecular flexibility index (Phi) is 3.13. The molecule has 0 spiro atoms. The highest BCUT2D eigenvalue weighted by Crippen LogP contribution is 2.35. The summed E-state index contributed by atoms with van der Waals surface area (Å²) >= 11 is 6.57. The van der Waals surface area contributed by atoms with Gasteiger partial charge >= 0.3 is 0 Å². The molecule has 1 aromatic carbocycles. The summed E-state index contributed by atoms with van der Waals surface area (Å²) in [6, 6.07) is 5.94. The molecule has 1 heterocycles. The zero-order chi connectivity index (χ0) is 12.5. The van der Waals surface area contributed by atoms with Crippen LogP contribution < -0.4 is 4.74 Å². The predicted octanol–water partition coefficient (Wildman–Crippen LogP) is 4.17. The second-order valence-electron chi connectivity index (χ2n) is 4.77. The van der Waals surface area contributed by atoms with Gasteiger partial charge in [-0.2, -0.15) is 0 Å². The number of methoxy groups -OCH3 is 1. The molecule has 2 aromatic rings. The van der Waals surface area contributed by atoms with Crippen LogP contribution in [0.2, 0.25) is 5.02 Å². The van der Waals surface area contributed by atoms with Crippen molar-refractivity contribution in [2.24, 2.45) is 0 Å². The fourth-order valence-corrected chi connectivity index (χ4v) is 3.06. The van der Waals surface area contributed by atoms with Crippen molar-refractivity contribution in [1.29, 1.82) is 0 Å². The third-order valence-electron chi connectivity index (χ3n) is 3.66. The van der Waals surface area contributed by atoms with Crippen molar-refractivity contribution in [2.45, 2.75) is 32.1 Å². The van der Waals surface area contributed by atoms with Gasteiger partial charge < -0.3 is 4.74 Å². The largest absolute Gasteiger partial charge is 0.494 e. The Balaban J connectivity index is 2.31. The number of benzene rings is 1. The van der Waals surface area contributed by atoms with Gasteiger partial charge in [0.2, 0.25) is 0 Å². The average Bonchev–Trinajstić information content (AvgIpc) is 2.64. The smallest absolute Gasteiger partial charge is 0.145 e. The molecule has 0 saturated carbocycles. The van der Waals surface area contributed by atoms with Crippen LogP contribution in [0.15, 0.2) is 18.2 Å². The Bertz CT molecular complexity index is 595. The van der Waals surface area contributed by atoms with Crippen LogP contribution in [0.25, 0.3) is 10.9 Å². The maximum absolute atomic E-state index is 6.57. The fraction of sp³-hybridized carbons (Fsp3) is 0.400. The standard InChI is InChI=1S/C15H16ClNO/c1-18-13-9-5-7-11-14(16)10-6-3-2-4-8-12(10)17-15(11)13/h5,7,9H,2-4,6,8H2,1H3. The second-order valence-corrected chi connectivity index (χ2v) is 5.15. The molecule has 0 N–H and O–H groups in total. The van der Waals surface area contributed by atoms with E-state index in [1.54, 1.807) is 7.11 Å². The number of aryl methyl sites for hydroxylation is 1.